The fourth-order valence-electron chi connectivity index (χ4n) is 2.48. The molecule has 1 fully saturated rings. The molecule has 0 aliphatic carbocycles. The zero-order valence-electron chi connectivity index (χ0n) is 10.8. The van der Waals surface area contributed by atoms with E-state index in [1.165, 1.54) is 12.1 Å². The van der Waals surface area contributed by atoms with Crippen LogP contribution in [0.25, 0.3) is 0 Å². The van der Waals surface area contributed by atoms with Gasteiger partial charge in [-0.05, 0) is 50.2 Å². The van der Waals surface area contributed by atoms with Gasteiger partial charge >= 0.3 is 0 Å². The molecule has 0 amide bonds. The molecule has 0 atom stereocenters. The van der Waals surface area contributed by atoms with Gasteiger partial charge in [0.2, 0.25) is 0 Å². The number of piperidine rings is 1. The van der Waals surface area contributed by atoms with Gasteiger partial charge in [0.05, 0.1) is 0 Å². The van der Waals surface area contributed by atoms with Crippen molar-refractivity contribution in [3.05, 3.63) is 35.4 Å². The molecule has 2 nitrogen and oxygen atoms in total. The summed E-state index contributed by atoms with van der Waals surface area (Å²) in [7, 11) is 0. The highest BCUT2D eigenvalue weighted by molar-refractivity contribution is 5.17. The molecule has 0 spiro atoms. The third-order valence-corrected chi connectivity index (χ3v) is 3.47. The van der Waals surface area contributed by atoms with Crippen LogP contribution in [0.5, 0.6) is 0 Å². The minimum atomic E-state index is -0.774. The molecule has 0 bridgehead atoms. The van der Waals surface area contributed by atoms with Gasteiger partial charge in [-0.2, -0.15) is 0 Å². The van der Waals surface area contributed by atoms with E-state index in [1.807, 2.05) is 0 Å². The van der Waals surface area contributed by atoms with Crippen molar-refractivity contribution in [1.29, 1.82) is 0 Å². The molecule has 1 aromatic carbocycles. The summed E-state index contributed by atoms with van der Waals surface area (Å²) < 4.78 is 25.9. The molecule has 1 aromatic rings. The molecular weight excluding hydrogens is 234 g/mol. The summed E-state index contributed by atoms with van der Waals surface area (Å²) in [6.07, 6.45) is 2.25. The molecule has 1 saturated heterocycles. The predicted octanol–water partition coefficient (Wildman–Crippen LogP) is 2.54. The van der Waals surface area contributed by atoms with Crippen LogP contribution in [0.15, 0.2) is 18.2 Å². The molecule has 100 valence electrons. The number of halogens is 2. The van der Waals surface area contributed by atoms with Gasteiger partial charge in [-0.1, -0.05) is 13.0 Å². The standard InChI is InChI=1S/C14H20F2N2/c1-2-17-12-5-7-18(8-6-12)10-11-3-4-13(15)14(16)9-11/h3-4,9,12,17H,2,5-8,10H2,1H3. The number of likely N-dealkylation sites (tertiary alicyclic amines) is 1. The zero-order chi connectivity index (χ0) is 13.0. The van der Waals surface area contributed by atoms with E-state index in [2.05, 4.69) is 17.1 Å². The summed E-state index contributed by atoms with van der Waals surface area (Å²) in [4.78, 5) is 2.29. The summed E-state index contributed by atoms with van der Waals surface area (Å²) in [5.74, 6) is -1.53. The van der Waals surface area contributed by atoms with E-state index in [0.717, 1.165) is 38.0 Å². The van der Waals surface area contributed by atoms with Gasteiger partial charge in [0.25, 0.3) is 0 Å². The molecule has 0 aromatic heterocycles. The van der Waals surface area contributed by atoms with Crippen molar-refractivity contribution in [3.8, 4) is 0 Å². The summed E-state index contributed by atoms with van der Waals surface area (Å²) >= 11 is 0. The second-order valence-electron chi connectivity index (χ2n) is 4.86. The highest BCUT2D eigenvalue weighted by Gasteiger charge is 2.18. The van der Waals surface area contributed by atoms with Crippen molar-refractivity contribution in [2.45, 2.75) is 32.4 Å². The van der Waals surface area contributed by atoms with Crippen LogP contribution in [0.4, 0.5) is 8.78 Å². The maximum absolute atomic E-state index is 13.1. The lowest BCUT2D eigenvalue weighted by atomic mass is 10.0. The fraction of sp³-hybridized carbons (Fsp3) is 0.571. The summed E-state index contributed by atoms with van der Waals surface area (Å²) in [6.45, 7) is 5.85. The Morgan fingerprint density at radius 1 is 1.22 bits per heavy atom. The lowest BCUT2D eigenvalue weighted by Gasteiger charge is -2.32. The molecule has 1 heterocycles. The second kappa shape index (κ2) is 6.25. The summed E-state index contributed by atoms with van der Waals surface area (Å²) in [6, 6.07) is 4.77. The van der Waals surface area contributed by atoms with Gasteiger partial charge in [0.1, 0.15) is 0 Å². The number of nitrogens with zero attached hydrogens (tertiary/aromatic N) is 1. The number of nitrogens with one attached hydrogen (secondary N) is 1. The van der Waals surface area contributed by atoms with Crippen LogP contribution in [0.1, 0.15) is 25.3 Å². The minimum Gasteiger partial charge on any atom is -0.314 e. The Morgan fingerprint density at radius 2 is 1.94 bits per heavy atom. The molecule has 1 N–H and O–H groups in total. The number of hydrogen-bond acceptors (Lipinski definition) is 2. The number of hydrogen-bond donors (Lipinski definition) is 1. The first kappa shape index (κ1) is 13.4. The van der Waals surface area contributed by atoms with Crippen molar-refractivity contribution in [2.24, 2.45) is 0 Å². The van der Waals surface area contributed by atoms with Crippen molar-refractivity contribution in [1.82, 2.24) is 10.2 Å². The molecule has 0 radical (unpaired) electrons. The van der Waals surface area contributed by atoms with E-state index < -0.39 is 11.6 Å². The van der Waals surface area contributed by atoms with E-state index in [4.69, 9.17) is 0 Å². The highest BCUT2D eigenvalue weighted by Crippen LogP contribution is 2.15. The first-order chi connectivity index (χ1) is 8.69. The van der Waals surface area contributed by atoms with Crippen molar-refractivity contribution in [2.75, 3.05) is 19.6 Å². The van der Waals surface area contributed by atoms with Crippen LogP contribution in [-0.2, 0) is 6.54 Å². The monoisotopic (exact) mass is 254 g/mol. The molecular formula is C14H20F2N2. The third kappa shape index (κ3) is 3.50. The Hall–Kier alpha value is -1.00. The Bertz CT molecular complexity index is 387. The van der Waals surface area contributed by atoms with Gasteiger partial charge < -0.3 is 5.32 Å². The summed E-state index contributed by atoms with van der Waals surface area (Å²) in [5.41, 5.74) is 0.843. The van der Waals surface area contributed by atoms with Gasteiger partial charge in [-0.25, -0.2) is 8.78 Å². The normalized spacial score (nSPS) is 18.2. The fourth-order valence-corrected chi connectivity index (χ4v) is 2.48. The largest absolute Gasteiger partial charge is 0.314 e. The molecule has 18 heavy (non-hydrogen) atoms. The molecule has 1 aliphatic heterocycles. The second-order valence-corrected chi connectivity index (χ2v) is 4.86. The van der Waals surface area contributed by atoms with E-state index >= 15 is 0 Å². The van der Waals surface area contributed by atoms with Crippen molar-refractivity contribution >= 4 is 0 Å². The van der Waals surface area contributed by atoms with Gasteiger partial charge in [0.15, 0.2) is 11.6 Å². The zero-order valence-corrected chi connectivity index (χ0v) is 10.8. The first-order valence-electron chi connectivity index (χ1n) is 6.58. The van der Waals surface area contributed by atoms with E-state index in [-0.39, 0.29) is 0 Å². The maximum atomic E-state index is 13.1. The molecule has 4 heteroatoms. The average molecular weight is 254 g/mol. The minimum absolute atomic E-state index is 0.608. The van der Waals surface area contributed by atoms with E-state index in [0.29, 0.717) is 12.6 Å². The maximum Gasteiger partial charge on any atom is 0.159 e. The number of rotatable bonds is 4. The predicted molar refractivity (Wildman–Crippen MR) is 68.3 cm³/mol. The lowest BCUT2D eigenvalue weighted by Crippen LogP contribution is -2.42. The number of benzene rings is 1. The van der Waals surface area contributed by atoms with Gasteiger partial charge in [0, 0.05) is 12.6 Å². The average Bonchev–Trinajstić information content (AvgIpc) is 2.37. The van der Waals surface area contributed by atoms with Crippen LogP contribution in [-0.4, -0.2) is 30.6 Å². The quantitative estimate of drug-likeness (QED) is 0.888. The highest BCUT2D eigenvalue weighted by atomic mass is 19.2. The first-order valence-corrected chi connectivity index (χ1v) is 6.58. The van der Waals surface area contributed by atoms with Crippen LogP contribution in [0.3, 0.4) is 0 Å². The Labute approximate surface area is 107 Å². The Morgan fingerprint density at radius 3 is 2.56 bits per heavy atom. The Kier molecular flexibility index (Phi) is 4.66. The smallest absolute Gasteiger partial charge is 0.159 e. The molecule has 0 saturated carbocycles. The van der Waals surface area contributed by atoms with Gasteiger partial charge in [-0.15, -0.1) is 0 Å². The van der Waals surface area contributed by atoms with E-state index in [1.54, 1.807) is 6.07 Å². The van der Waals surface area contributed by atoms with Crippen LogP contribution >= 0.6 is 0 Å². The third-order valence-electron chi connectivity index (χ3n) is 3.47. The Balaban J connectivity index is 1.85. The van der Waals surface area contributed by atoms with Crippen molar-refractivity contribution in [3.63, 3.8) is 0 Å². The van der Waals surface area contributed by atoms with Crippen LogP contribution in [0, 0.1) is 11.6 Å². The van der Waals surface area contributed by atoms with Crippen LogP contribution in [0.2, 0.25) is 0 Å². The molecule has 1 aliphatic rings. The molecule has 2 rings (SSSR count). The lowest BCUT2D eigenvalue weighted by molar-refractivity contribution is 0.191. The topological polar surface area (TPSA) is 15.3 Å². The van der Waals surface area contributed by atoms with Gasteiger partial charge in [-0.3, -0.25) is 4.90 Å². The summed E-state index contributed by atoms with van der Waals surface area (Å²) in [5, 5.41) is 3.45. The molecule has 0 unspecified atom stereocenters. The van der Waals surface area contributed by atoms with Crippen LogP contribution < -0.4 is 5.32 Å². The van der Waals surface area contributed by atoms with E-state index in [9.17, 15) is 8.78 Å². The van der Waals surface area contributed by atoms with Crippen molar-refractivity contribution < 1.29 is 8.78 Å². The SMILES string of the molecule is CCNC1CCN(Cc2ccc(F)c(F)c2)CC1.